The summed E-state index contributed by atoms with van der Waals surface area (Å²) in [7, 11) is 0. The number of hydrogen-bond acceptors (Lipinski definition) is 2. The molecule has 0 aromatic heterocycles. The first-order chi connectivity index (χ1) is 10.0. The zero-order valence-corrected chi connectivity index (χ0v) is 12.7. The van der Waals surface area contributed by atoms with E-state index in [1.807, 2.05) is 0 Å². The fourth-order valence-corrected chi connectivity index (χ4v) is 2.74. The molecule has 116 valence electrons. The SMILES string of the molecule is CCC1(CO)CCN(C(=O)Nc2cccc(F)c2C)CC1. The molecule has 1 aliphatic rings. The van der Waals surface area contributed by atoms with Gasteiger partial charge in [0.05, 0.1) is 0 Å². The number of aliphatic hydroxyl groups is 1. The molecule has 21 heavy (non-hydrogen) atoms. The molecule has 0 bridgehead atoms. The molecule has 0 unspecified atom stereocenters. The minimum absolute atomic E-state index is 0.0500. The number of rotatable bonds is 3. The molecule has 2 N–H and O–H groups in total. The number of amides is 2. The number of halogens is 1. The second kappa shape index (κ2) is 6.43. The molecule has 0 radical (unpaired) electrons. The highest BCUT2D eigenvalue weighted by Gasteiger charge is 2.33. The quantitative estimate of drug-likeness (QED) is 0.899. The molecule has 1 saturated heterocycles. The highest BCUT2D eigenvalue weighted by molar-refractivity contribution is 5.90. The summed E-state index contributed by atoms with van der Waals surface area (Å²) in [6.07, 6.45) is 2.52. The number of carbonyl (C=O) groups is 1. The summed E-state index contributed by atoms with van der Waals surface area (Å²) >= 11 is 0. The molecule has 1 heterocycles. The van der Waals surface area contributed by atoms with Gasteiger partial charge in [-0.25, -0.2) is 9.18 Å². The lowest BCUT2D eigenvalue weighted by molar-refractivity contribution is 0.0542. The largest absolute Gasteiger partial charge is 0.396 e. The van der Waals surface area contributed by atoms with E-state index >= 15 is 0 Å². The van der Waals surface area contributed by atoms with Gasteiger partial charge in [0.15, 0.2) is 0 Å². The van der Waals surface area contributed by atoms with E-state index in [-0.39, 0.29) is 23.9 Å². The second-order valence-corrected chi connectivity index (χ2v) is 5.84. The van der Waals surface area contributed by atoms with Crippen molar-refractivity contribution < 1.29 is 14.3 Å². The molecule has 0 saturated carbocycles. The molecule has 1 aromatic carbocycles. The Kier molecular flexibility index (Phi) is 4.83. The zero-order chi connectivity index (χ0) is 15.5. The third kappa shape index (κ3) is 3.35. The minimum Gasteiger partial charge on any atom is -0.396 e. The number of carbonyl (C=O) groups excluding carboxylic acids is 1. The summed E-state index contributed by atoms with van der Waals surface area (Å²) in [4.78, 5) is 14.0. The van der Waals surface area contributed by atoms with Gasteiger partial charge in [-0.3, -0.25) is 0 Å². The van der Waals surface area contributed by atoms with E-state index in [9.17, 15) is 14.3 Å². The van der Waals surface area contributed by atoms with Crippen LogP contribution in [0.4, 0.5) is 14.9 Å². The van der Waals surface area contributed by atoms with Crippen LogP contribution in [0.15, 0.2) is 18.2 Å². The van der Waals surface area contributed by atoms with E-state index in [0.29, 0.717) is 24.3 Å². The van der Waals surface area contributed by atoms with E-state index < -0.39 is 0 Å². The Bertz CT molecular complexity index is 505. The van der Waals surface area contributed by atoms with Crippen molar-refractivity contribution in [2.75, 3.05) is 25.0 Å². The standard InChI is InChI=1S/C16H23FN2O2/c1-3-16(11-20)7-9-19(10-8-16)15(21)18-14-6-4-5-13(17)12(14)2/h4-6,20H,3,7-11H2,1-2H3,(H,18,21). The normalized spacial score (nSPS) is 17.6. The van der Waals surface area contributed by atoms with Gasteiger partial charge in [0.25, 0.3) is 0 Å². The maximum absolute atomic E-state index is 13.5. The lowest BCUT2D eigenvalue weighted by Crippen LogP contribution is -2.46. The molecule has 2 amide bonds. The van der Waals surface area contributed by atoms with Gasteiger partial charge in [0.2, 0.25) is 0 Å². The highest BCUT2D eigenvalue weighted by Crippen LogP contribution is 2.34. The molecule has 5 heteroatoms. The van der Waals surface area contributed by atoms with Crippen LogP contribution in [0.25, 0.3) is 0 Å². The monoisotopic (exact) mass is 294 g/mol. The van der Waals surface area contributed by atoms with Crippen LogP contribution >= 0.6 is 0 Å². The van der Waals surface area contributed by atoms with Crippen LogP contribution in [0, 0.1) is 18.2 Å². The van der Waals surface area contributed by atoms with Crippen LogP contribution < -0.4 is 5.32 Å². The number of nitrogens with zero attached hydrogens (tertiary/aromatic N) is 1. The first kappa shape index (κ1) is 15.8. The maximum atomic E-state index is 13.5. The first-order valence-corrected chi connectivity index (χ1v) is 7.43. The summed E-state index contributed by atoms with van der Waals surface area (Å²) in [6.45, 7) is 5.13. The number of anilines is 1. The highest BCUT2D eigenvalue weighted by atomic mass is 19.1. The summed E-state index contributed by atoms with van der Waals surface area (Å²) in [5.74, 6) is -0.322. The Morgan fingerprint density at radius 2 is 2.10 bits per heavy atom. The van der Waals surface area contributed by atoms with Crippen molar-refractivity contribution in [2.24, 2.45) is 5.41 Å². The van der Waals surface area contributed by atoms with Crippen LogP contribution in [-0.4, -0.2) is 35.7 Å². The van der Waals surface area contributed by atoms with Crippen LogP contribution in [0.5, 0.6) is 0 Å². The third-order valence-corrected chi connectivity index (χ3v) is 4.71. The first-order valence-electron chi connectivity index (χ1n) is 7.43. The molecule has 1 aromatic rings. The van der Waals surface area contributed by atoms with Gasteiger partial charge >= 0.3 is 6.03 Å². The molecule has 2 rings (SSSR count). The zero-order valence-electron chi connectivity index (χ0n) is 12.7. The Labute approximate surface area is 125 Å². The van der Waals surface area contributed by atoms with Crippen molar-refractivity contribution in [2.45, 2.75) is 33.1 Å². The Morgan fingerprint density at radius 1 is 1.43 bits per heavy atom. The van der Waals surface area contributed by atoms with Crippen LogP contribution in [0.3, 0.4) is 0 Å². The molecular formula is C16H23FN2O2. The number of benzene rings is 1. The van der Waals surface area contributed by atoms with E-state index in [2.05, 4.69) is 12.2 Å². The maximum Gasteiger partial charge on any atom is 0.321 e. The molecule has 1 aliphatic heterocycles. The number of urea groups is 1. The van der Waals surface area contributed by atoms with Crippen LogP contribution in [-0.2, 0) is 0 Å². The number of nitrogens with one attached hydrogen (secondary N) is 1. The average molecular weight is 294 g/mol. The smallest absolute Gasteiger partial charge is 0.321 e. The van der Waals surface area contributed by atoms with Crippen molar-refractivity contribution in [3.8, 4) is 0 Å². The molecule has 0 aliphatic carbocycles. The summed E-state index contributed by atoms with van der Waals surface area (Å²) in [5, 5.41) is 12.3. The molecular weight excluding hydrogens is 271 g/mol. The molecule has 4 nitrogen and oxygen atoms in total. The predicted octanol–water partition coefficient (Wildman–Crippen LogP) is 3.15. The van der Waals surface area contributed by atoms with Crippen molar-refractivity contribution in [1.82, 2.24) is 4.90 Å². The van der Waals surface area contributed by atoms with Gasteiger partial charge in [-0.15, -0.1) is 0 Å². The Balaban J connectivity index is 1.98. The summed E-state index contributed by atoms with van der Waals surface area (Å²) in [6, 6.07) is 4.46. The fraction of sp³-hybridized carbons (Fsp3) is 0.562. The third-order valence-electron chi connectivity index (χ3n) is 4.71. The average Bonchev–Trinajstić information content (AvgIpc) is 2.52. The predicted molar refractivity (Wildman–Crippen MR) is 80.8 cm³/mol. The van der Waals surface area contributed by atoms with Crippen molar-refractivity contribution in [3.05, 3.63) is 29.6 Å². The van der Waals surface area contributed by atoms with Crippen molar-refractivity contribution >= 4 is 11.7 Å². The van der Waals surface area contributed by atoms with E-state index in [0.717, 1.165) is 19.3 Å². The molecule has 0 atom stereocenters. The molecule has 0 spiro atoms. The van der Waals surface area contributed by atoms with Gasteiger partial charge in [-0.05, 0) is 43.7 Å². The van der Waals surface area contributed by atoms with Crippen molar-refractivity contribution in [1.29, 1.82) is 0 Å². The van der Waals surface area contributed by atoms with Gasteiger partial charge in [0, 0.05) is 30.9 Å². The van der Waals surface area contributed by atoms with Gasteiger partial charge < -0.3 is 15.3 Å². The number of piperidine rings is 1. The topological polar surface area (TPSA) is 52.6 Å². The fourth-order valence-electron chi connectivity index (χ4n) is 2.74. The second-order valence-electron chi connectivity index (χ2n) is 5.84. The summed E-state index contributed by atoms with van der Waals surface area (Å²) in [5.41, 5.74) is 0.904. The number of aliphatic hydroxyl groups excluding tert-OH is 1. The van der Waals surface area contributed by atoms with E-state index in [1.54, 1.807) is 24.0 Å². The number of hydrogen-bond donors (Lipinski definition) is 2. The van der Waals surface area contributed by atoms with E-state index in [1.165, 1.54) is 6.07 Å². The Morgan fingerprint density at radius 3 is 2.67 bits per heavy atom. The lowest BCUT2D eigenvalue weighted by atomic mass is 9.77. The van der Waals surface area contributed by atoms with Gasteiger partial charge in [-0.2, -0.15) is 0 Å². The van der Waals surface area contributed by atoms with Gasteiger partial charge in [0.1, 0.15) is 5.82 Å². The van der Waals surface area contributed by atoms with E-state index in [4.69, 9.17) is 0 Å². The van der Waals surface area contributed by atoms with Crippen LogP contribution in [0.2, 0.25) is 0 Å². The van der Waals surface area contributed by atoms with Gasteiger partial charge in [-0.1, -0.05) is 13.0 Å². The minimum atomic E-state index is -0.322. The summed E-state index contributed by atoms with van der Waals surface area (Å²) < 4.78 is 13.5. The molecule has 1 fully saturated rings. The van der Waals surface area contributed by atoms with Crippen molar-refractivity contribution in [3.63, 3.8) is 0 Å². The lowest BCUT2D eigenvalue weighted by Gasteiger charge is -2.40. The van der Waals surface area contributed by atoms with Crippen LogP contribution in [0.1, 0.15) is 31.7 Å². The number of likely N-dealkylation sites (tertiary alicyclic amines) is 1. The Hall–Kier alpha value is -1.62.